The molecule has 5 atom stereocenters. The zero-order chi connectivity index (χ0) is 36.1. The number of sulfonamides is 1. The van der Waals surface area contributed by atoms with Crippen LogP contribution in [0.2, 0.25) is 0 Å². The Morgan fingerprint density at radius 2 is 1.78 bits per heavy atom. The van der Waals surface area contributed by atoms with Gasteiger partial charge in [-0.1, -0.05) is 18.2 Å². The first-order valence-electron chi connectivity index (χ1n) is 18.0. The number of allylic oxidation sites excluding steroid dienone is 2. The van der Waals surface area contributed by atoms with Crippen molar-refractivity contribution in [1.29, 1.82) is 0 Å². The maximum absolute atomic E-state index is 14.4. The molecule has 51 heavy (non-hydrogen) atoms. The molecule has 0 saturated heterocycles. The van der Waals surface area contributed by atoms with E-state index < -0.39 is 44.5 Å². The molecule has 1 aliphatic heterocycles. The average molecular weight is 715 g/mol. The van der Waals surface area contributed by atoms with E-state index in [1.54, 1.807) is 19.1 Å². The Hall–Kier alpha value is -4.32. The van der Waals surface area contributed by atoms with E-state index >= 15 is 0 Å². The van der Waals surface area contributed by atoms with Crippen LogP contribution >= 0.6 is 0 Å². The molecule has 0 unspecified atom stereocenters. The van der Waals surface area contributed by atoms with Crippen LogP contribution in [0.25, 0.3) is 22.3 Å². The summed E-state index contributed by atoms with van der Waals surface area (Å²) >= 11 is 0. The molecule has 11 nitrogen and oxygen atoms in total. The molecule has 0 spiro atoms. The Balaban J connectivity index is 1.21. The molecule has 0 radical (unpaired) electrons. The number of hydrogen-bond acceptors (Lipinski definition) is 9. The Morgan fingerprint density at radius 3 is 2.53 bits per heavy atom. The van der Waals surface area contributed by atoms with E-state index in [4.69, 9.17) is 19.4 Å². The molecule has 2 aromatic heterocycles. The van der Waals surface area contributed by atoms with Gasteiger partial charge in [-0.15, -0.1) is 0 Å². The van der Waals surface area contributed by atoms with E-state index in [1.807, 2.05) is 62.4 Å². The lowest BCUT2D eigenvalue weighted by atomic mass is 9.84. The lowest BCUT2D eigenvalue weighted by molar-refractivity contribution is -0.140. The number of methoxy groups -OCH3 is 1. The van der Waals surface area contributed by atoms with E-state index in [0.717, 1.165) is 35.9 Å². The summed E-state index contributed by atoms with van der Waals surface area (Å²) in [5, 5.41) is 0.222. The van der Waals surface area contributed by atoms with Gasteiger partial charge in [0.2, 0.25) is 21.8 Å². The minimum Gasteiger partial charge on any atom is -0.496 e. The number of benzene rings is 1. The molecule has 3 fully saturated rings. The van der Waals surface area contributed by atoms with Crippen molar-refractivity contribution < 1.29 is 32.3 Å². The number of Topliss-reactive ketones (excluding diaryl/α,β-unsaturated/α-hetero) is 1. The number of hydrogen-bond donors (Lipinski definition) is 1. The number of fused-ring (bicyclic) bond motifs is 3. The first-order chi connectivity index (χ1) is 24.4. The number of nitrogens with zero attached hydrogens (tertiary/aromatic N) is 3. The maximum Gasteiger partial charge on any atom is 0.240 e. The van der Waals surface area contributed by atoms with Gasteiger partial charge in [0.15, 0.2) is 0 Å². The third kappa shape index (κ3) is 6.99. The van der Waals surface area contributed by atoms with Crippen LogP contribution in [0.4, 0.5) is 0 Å². The number of pyridine rings is 2. The second-order valence-electron chi connectivity index (χ2n) is 14.9. The molecule has 2 amide bonds. The topological polar surface area (TPSA) is 145 Å². The van der Waals surface area contributed by atoms with Gasteiger partial charge in [-0.25, -0.2) is 13.4 Å². The van der Waals surface area contributed by atoms with E-state index in [1.165, 1.54) is 0 Å². The lowest BCUT2D eigenvalue weighted by Gasteiger charge is -2.26. The Morgan fingerprint density at radius 1 is 1.00 bits per heavy atom. The summed E-state index contributed by atoms with van der Waals surface area (Å²) in [6.07, 6.45) is 7.91. The maximum atomic E-state index is 14.4. The van der Waals surface area contributed by atoms with E-state index in [2.05, 4.69) is 4.72 Å². The highest BCUT2D eigenvalue weighted by atomic mass is 32.2. The molecule has 3 aromatic rings. The number of ether oxygens (including phenoxy) is 2. The first kappa shape index (κ1) is 35.1. The Kier molecular flexibility index (Phi) is 9.41. The zero-order valence-electron chi connectivity index (χ0n) is 29.7. The minimum absolute atomic E-state index is 0.112. The predicted molar refractivity (Wildman–Crippen MR) is 193 cm³/mol. The Labute approximate surface area is 299 Å². The molecule has 0 bridgehead atoms. The highest BCUT2D eigenvalue weighted by Gasteiger charge is 2.61. The molecule has 3 saturated carbocycles. The number of ketones is 1. The van der Waals surface area contributed by atoms with Crippen LogP contribution in [-0.4, -0.2) is 72.9 Å². The van der Waals surface area contributed by atoms with Crippen LogP contribution in [0.1, 0.15) is 69.0 Å². The van der Waals surface area contributed by atoms with Crippen molar-refractivity contribution in [3.05, 3.63) is 59.8 Å². The van der Waals surface area contributed by atoms with Gasteiger partial charge in [0.05, 0.1) is 40.6 Å². The van der Waals surface area contributed by atoms with Crippen molar-refractivity contribution in [1.82, 2.24) is 19.6 Å². The second kappa shape index (κ2) is 13.7. The fourth-order valence-electron chi connectivity index (χ4n) is 7.94. The van der Waals surface area contributed by atoms with E-state index in [0.29, 0.717) is 67.1 Å². The third-order valence-electron chi connectivity index (χ3n) is 11.2. The molecule has 3 heterocycles. The van der Waals surface area contributed by atoms with Crippen LogP contribution in [-0.2, 0) is 24.4 Å². The number of aromatic nitrogens is 2. The molecule has 12 heteroatoms. The van der Waals surface area contributed by atoms with Gasteiger partial charge in [0, 0.05) is 48.6 Å². The molecule has 270 valence electrons. The monoisotopic (exact) mass is 714 g/mol. The van der Waals surface area contributed by atoms with Crippen molar-refractivity contribution in [2.24, 2.45) is 23.2 Å². The van der Waals surface area contributed by atoms with Gasteiger partial charge in [-0.05, 0) is 95.4 Å². The zero-order valence-corrected chi connectivity index (χ0v) is 30.5. The molecule has 7 rings (SSSR count). The summed E-state index contributed by atoms with van der Waals surface area (Å²) in [5.41, 5.74) is 2.57. The van der Waals surface area contributed by atoms with Crippen LogP contribution in [0.5, 0.6) is 11.5 Å². The van der Waals surface area contributed by atoms with E-state index in [9.17, 15) is 22.8 Å². The van der Waals surface area contributed by atoms with Crippen LogP contribution in [0.15, 0.2) is 48.6 Å². The third-order valence-corrected chi connectivity index (χ3v) is 13.0. The van der Waals surface area contributed by atoms with Crippen LogP contribution in [0.3, 0.4) is 0 Å². The highest BCUT2D eigenvalue weighted by molar-refractivity contribution is 7.90. The molecular formula is C39H46N4O7S. The first-order valence-corrected chi connectivity index (χ1v) is 19.5. The van der Waals surface area contributed by atoms with Gasteiger partial charge >= 0.3 is 0 Å². The van der Waals surface area contributed by atoms with Crippen molar-refractivity contribution >= 4 is 38.5 Å². The van der Waals surface area contributed by atoms with Gasteiger partial charge in [-0.2, -0.15) is 0 Å². The van der Waals surface area contributed by atoms with Gasteiger partial charge < -0.3 is 14.4 Å². The van der Waals surface area contributed by atoms with Crippen LogP contribution in [0, 0.1) is 37.0 Å². The SMILES string of the molecule is COc1ccc2c(O[C@@H]3C[C@H]4C(=O)C[C@]5(C(=O)NS(=O)(=O)C6CC6)C[C@@H]5/C=C\CCCCN(C)C(=O)[C@@H]4C3)cc(-c3cccc(C)n3)nc2c1C. The lowest BCUT2D eigenvalue weighted by Crippen LogP contribution is -2.42. The summed E-state index contributed by atoms with van der Waals surface area (Å²) in [7, 11) is -0.391. The largest absolute Gasteiger partial charge is 0.496 e. The number of amides is 2. The summed E-state index contributed by atoms with van der Waals surface area (Å²) in [5.74, 6) is -1.22. The summed E-state index contributed by atoms with van der Waals surface area (Å²) < 4.78 is 40.3. The fourth-order valence-corrected chi connectivity index (χ4v) is 9.33. The van der Waals surface area contributed by atoms with Crippen molar-refractivity contribution in [2.45, 2.75) is 83.0 Å². The molecule has 1 aromatic carbocycles. The molecule has 4 aliphatic rings. The average Bonchev–Trinajstić information content (AvgIpc) is 4.03. The fraction of sp³-hybridized carbons (Fsp3) is 0.513. The molecule has 1 N–H and O–H groups in total. The number of carbonyl (C=O) groups is 3. The molecule has 3 aliphatic carbocycles. The number of aryl methyl sites for hydroxylation is 2. The van der Waals surface area contributed by atoms with Crippen LogP contribution < -0.4 is 14.2 Å². The van der Waals surface area contributed by atoms with Gasteiger partial charge in [0.1, 0.15) is 23.4 Å². The number of nitrogens with one attached hydrogen (secondary N) is 1. The van der Waals surface area contributed by atoms with E-state index in [-0.39, 0.29) is 24.0 Å². The van der Waals surface area contributed by atoms with Crippen molar-refractivity contribution in [3.63, 3.8) is 0 Å². The van der Waals surface area contributed by atoms with Crippen molar-refractivity contribution in [3.8, 4) is 22.9 Å². The van der Waals surface area contributed by atoms with Crippen molar-refractivity contribution in [2.75, 3.05) is 20.7 Å². The number of rotatable bonds is 7. The summed E-state index contributed by atoms with van der Waals surface area (Å²) in [6, 6.07) is 11.4. The standard InChI is InChI=1S/C39H46N4O7S/c1-23-10-9-12-31(40-23)32-20-35(28-15-16-34(49-4)24(2)36(28)41-32)50-26-18-29-30(19-26)37(45)43(3)17-8-6-5-7-11-25-21-39(25,22-33(29)44)38(46)42-51(47,48)27-13-14-27/h7,9-12,15-16,20,25-27,29-30H,5-6,8,13-14,17-19,21-22H2,1-4H3,(H,42,46)/b11-7-/t25-,26+,29+,30+,39+/m0/s1. The molecular weight excluding hydrogens is 669 g/mol. The van der Waals surface area contributed by atoms with Gasteiger partial charge in [-0.3, -0.25) is 24.1 Å². The second-order valence-corrected chi connectivity index (χ2v) is 16.8. The Bertz CT molecular complexity index is 2030. The quantitative estimate of drug-likeness (QED) is 0.315. The highest BCUT2D eigenvalue weighted by Crippen LogP contribution is 2.58. The summed E-state index contributed by atoms with van der Waals surface area (Å²) in [4.78, 5) is 53.4. The minimum atomic E-state index is -3.79. The number of carbonyl (C=O) groups excluding carboxylic acids is 3. The normalized spacial score (nSPS) is 27.6. The smallest absolute Gasteiger partial charge is 0.240 e. The summed E-state index contributed by atoms with van der Waals surface area (Å²) in [6.45, 7) is 4.44. The van der Waals surface area contributed by atoms with Gasteiger partial charge in [0.25, 0.3) is 0 Å². The predicted octanol–water partition coefficient (Wildman–Crippen LogP) is 5.47.